The molecule has 3 nitrogen and oxygen atoms in total. The van der Waals surface area contributed by atoms with Crippen molar-refractivity contribution >= 4 is 11.6 Å². The topological polar surface area (TPSA) is 38.7 Å². The number of hydrogen-bond donors (Lipinski definition) is 1. The predicted octanol–water partition coefficient (Wildman–Crippen LogP) is 4.04. The fraction of sp³-hybridized carbons (Fsp3) is 0.250. The predicted molar refractivity (Wildman–Crippen MR) is 80.0 cm³/mol. The Morgan fingerprint density at radius 1 is 1.15 bits per heavy atom. The van der Waals surface area contributed by atoms with Gasteiger partial charge in [-0.3, -0.25) is 0 Å². The maximum atomic E-state index is 10.1. The van der Waals surface area contributed by atoms with Crippen LogP contribution >= 0.6 is 11.6 Å². The highest BCUT2D eigenvalue weighted by atomic mass is 35.5. The highest BCUT2D eigenvalue weighted by molar-refractivity contribution is 6.33. The van der Waals surface area contributed by atoms with Gasteiger partial charge in [-0.05, 0) is 30.7 Å². The van der Waals surface area contributed by atoms with Crippen LogP contribution in [0, 0.1) is 0 Å². The van der Waals surface area contributed by atoms with E-state index in [1.54, 1.807) is 13.2 Å². The average molecular weight is 293 g/mol. The van der Waals surface area contributed by atoms with Gasteiger partial charge in [-0.2, -0.15) is 0 Å². The first-order chi connectivity index (χ1) is 9.67. The van der Waals surface area contributed by atoms with E-state index in [0.717, 1.165) is 11.1 Å². The van der Waals surface area contributed by atoms with E-state index < -0.39 is 6.29 Å². The lowest BCUT2D eigenvalue weighted by molar-refractivity contribution is -0.0975. The van der Waals surface area contributed by atoms with E-state index in [1.165, 1.54) is 0 Å². The van der Waals surface area contributed by atoms with Crippen LogP contribution < -0.4 is 4.74 Å². The van der Waals surface area contributed by atoms with Crippen LogP contribution in [0.15, 0.2) is 42.5 Å². The van der Waals surface area contributed by atoms with Crippen LogP contribution in [0.2, 0.25) is 5.02 Å². The number of hydrogen-bond acceptors (Lipinski definition) is 3. The van der Waals surface area contributed by atoms with Crippen LogP contribution in [0.5, 0.6) is 5.75 Å². The quantitative estimate of drug-likeness (QED) is 0.845. The van der Waals surface area contributed by atoms with Crippen molar-refractivity contribution in [3.05, 3.63) is 53.1 Å². The minimum Gasteiger partial charge on any atom is -0.497 e. The zero-order valence-electron chi connectivity index (χ0n) is 11.5. The lowest BCUT2D eigenvalue weighted by Gasteiger charge is -2.16. The Labute approximate surface area is 123 Å². The molecule has 1 N–H and O–H groups in total. The first-order valence-electron chi connectivity index (χ1n) is 6.40. The van der Waals surface area contributed by atoms with E-state index in [0.29, 0.717) is 22.9 Å². The zero-order valence-corrected chi connectivity index (χ0v) is 12.2. The molecule has 106 valence electrons. The van der Waals surface area contributed by atoms with Crippen LogP contribution in [-0.2, 0) is 4.74 Å². The van der Waals surface area contributed by atoms with E-state index >= 15 is 0 Å². The summed E-state index contributed by atoms with van der Waals surface area (Å²) in [5.74, 6) is 0.696. The van der Waals surface area contributed by atoms with Crippen molar-refractivity contribution in [3.63, 3.8) is 0 Å². The van der Waals surface area contributed by atoms with Gasteiger partial charge in [-0.15, -0.1) is 0 Å². The Morgan fingerprint density at radius 3 is 2.55 bits per heavy atom. The first-order valence-corrected chi connectivity index (χ1v) is 6.77. The van der Waals surface area contributed by atoms with Crippen LogP contribution in [0.3, 0.4) is 0 Å². The van der Waals surface area contributed by atoms with E-state index in [-0.39, 0.29) is 0 Å². The van der Waals surface area contributed by atoms with Crippen molar-refractivity contribution in [2.75, 3.05) is 13.7 Å². The second kappa shape index (κ2) is 6.75. The Balaban J connectivity index is 2.47. The molecule has 0 fully saturated rings. The monoisotopic (exact) mass is 292 g/mol. The molecule has 0 aliphatic carbocycles. The third kappa shape index (κ3) is 3.12. The largest absolute Gasteiger partial charge is 0.497 e. The van der Waals surface area contributed by atoms with Gasteiger partial charge in [0.15, 0.2) is 6.29 Å². The maximum Gasteiger partial charge on any atom is 0.181 e. The van der Waals surface area contributed by atoms with Gasteiger partial charge in [0.05, 0.1) is 12.1 Å². The lowest BCUT2D eigenvalue weighted by Crippen LogP contribution is -2.04. The minimum atomic E-state index is -0.964. The van der Waals surface area contributed by atoms with Gasteiger partial charge in [0.2, 0.25) is 0 Å². The Morgan fingerprint density at radius 2 is 1.90 bits per heavy atom. The third-order valence-corrected chi connectivity index (χ3v) is 3.33. The van der Waals surface area contributed by atoms with Crippen LogP contribution in [0.4, 0.5) is 0 Å². The Bertz CT molecular complexity index is 584. The molecule has 0 aliphatic heterocycles. The molecule has 0 aromatic heterocycles. The van der Waals surface area contributed by atoms with E-state index in [9.17, 15) is 5.11 Å². The molecule has 0 saturated heterocycles. The molecule has 0 spiro atoms. The van der Waals surface area contributed by atoms with Gasteiger partial charge in [0.1, 0.15) is 5.75 Å². The molecule has 1 unspecified atom stereocenters. The molecule has 0 bridgehead atoms. The minimum absolute atomic E-state index is 0.436. The van der Waals surface area contributed by atoms with E-state index in [2.05, 4.69) is 0 Å². The Hall–Kier alpha value is -1.55. The van der Waals surface area contributed by atoms with Crippen molar-refractivity contribution in [1.29, 1.82) is 0 Å². The number of methoxy groups -OCH3 is 1. The summed E-state index contributed by atoms with van der Waals surface area (Å²) in [7, 11) is 1.60. The molecule has 0 saturated carbocycles. The molecule has 4 heteroatoms. The summed E-state index contributed by atoms with van der Waals surface area (Å²) >= 11 is 6.29. The van der Waals surface area contributed by atoms with Gasteiger partial charge in [-0.25, -0.2) is 0 Å². The average Bonchev–Trinajstić information content (AvgIpc) is 2.47. The molecule has 0 aliphatic rings. The molecule has 2 aromatic carbocycles. The summed E-state index contributed by atoms with van der Waals surface area (Å²) < 4.78 is 10.4. The van der Waals surface area contributed by atoms with Crippen LogP contribution in [0.1, 0.15) is 18.8 Å². The van der Waals surface area contributed by atoms with E-state index in [1.807, 2.05) is 43.3 Å². The first kappa shape index (κ1) is 14.9. The van der Waals surface area contributed by atoms with Crippen molar-refractivity contribution in [2.45, 2.75) is 13.2 Å². The molecule has 0 amide bonds. The summed E-state index contributed by atoms with van der Waals surface area (Å²) in [5.41, 5.74) is 2.38. The molecule has 0 heterocycles. The molecular weight excluding hydrogens is 276 g/mol. The van der Waals surface area contributed by atoms with Crippen molar-refractivity contribution in [1.82, 2.24) is 0 Å². The van der Waals surface area contributed by atoms with Crippen LogP contribution in [0.25, 0.3) is 11.1 Å². The number of benzene rings is 2. The van der Waals surface area contributed by atoms with Crippen molar-refractivity contribution < 1.29 is 14.6 Å². The fourth-order valence-electron chi connectivity index (χ4n) is 2.05. The SMILES string of the molecule is CCOC(O)c1ccccc1-c1ccc(OC)cc1Cl. The second-order valence-corrected chi connectivity index (χ2v) is 4.65. The lowest BCUT2D eigenvalue weighted by atomic mass is 9.99. The number of aliphatic hydroxyl groups is 1. The molecule has 2 rings (SSSR count). The summed E-state index contributed by atoms with van der Waals surface area (Å²) in [5, 5.41) is 10.6. The van der Waals surface area contributed by atoms with Gasteiger partial charge in [0.25, 0.3) is 0 Å². The molecule has 20 heavy (non-hydrogen) atoms. The number of ether oxygens (including phenoxy) is 2. The number of rotatable bonds is 5. The zero-order chi connectivity index (χ0) is 14.5. The van der Waals surface area contributed by atoms with Gasteiger partial charge < -0.3 is 14.6 Å². The van der Waals surface area contributed by atoms with Crippen LogP contribution in [-0.4, -0.2) is 18.8 Å². The van der Waals surface area contributed by atoms with Gasteiger partial charge in [-0.1, -0.05) is 35.9 Å². The number of aliphatic hydroxyl groups excluding tert-OH is 1. The summed E-state index contributed by atoms with van der Waals surface area (Å²) in [6.07, 6.45) is -0.964. The van der Waals surface area contributed by atoms with Crippen molar-refractivity contribution in [3.8, 4) is 16.9 Å². The van der Waals surface area contributed by atoms with Crippen molar-refractivity contribution in [2.24, 2.45) is 0 Å². The normalized spacial score (nSPS) is 12.2. The third-order valence-electron chi connectivity index (χ3n) is 3.02. The smallest absolute Gasteiger partial charge is 0.181 e. The van der Waals surface area contributed by atoms with Gasteiger partial charge >= 0.3 is 0 Å². The summed E-state index contributed by atoms with van der Waals surface area (Å²) in [6, 6.07) is 13.0. The highest BCUT2D eigenvalue weighted by Gasteiger charge is 2.15. The molecule has 2 aromatic rings. The maximum absolute atomic E-state index is 10.1. The van der Waals surface area contributed by atoms with E-state index in [4.69, 9.17) is 21.1 Å². The molecule has 1 atom stereocenters. The standard InChI is InChI=1S/C16H17ClO3/c1-3-20-16(18)14-7-5-4-6-12(14)13-9-8-11(19-2)10-15(13)17/h4-10,16,18H,3H2,1-2H3. The second-order valence-electron chi connectivity index (χ2n) is 4.24. The summed E-state index contributed by atoms with van der Waals surface area (Å²) in [6.45, 7) is 2.28. The summed E-state index contributed by atoms with van der Waals surface area (Å²) in [4.78, 5) is 0. The van der Waals surface area contributed by atoms with Gasteiger partial charge in [0, 0.05) is 17.7 Å². The molecular formula is C16H17ClO3. The highest BCUT2D eigenvalue weighted by Crippen LogP contribution is 2.35. The number of halogens is 1. The fourth-order valence-corrected chi connectivity index (χ4v) is 2.32. The molecule has 0 radical (unpaired) electrons. The Kier molecular flexibility index (Phi) is 5.01.